The van der Waals surface area contributed by atoms with Gasteiger partial charge in [0.05, 0.1) is 25.4 Å². The zero-order chi connectivity index (χ0) is 40.7. The van der Waals surface area contributed by atoms with Crippen LogP contribution in [0.4, 0.5) is 0 Å². The van der Waals surface area contributed by atoms with Gasteiger partial charge in [-0.2, -0.15) is 0 Å². The van der Waals surface area contributed by atoms with Crippen molar-refractivity contribution in [1.29, 1.82) is 0 Å². The van der Waals surface area contributed by atoms with Crippen LogP contribution >= 0.6 is 0 Å². The second kappa shape index (κ2) is 24.6. The highest BCUT2D eigenvalue weighted by atomic mass is 16.8. The minimum Gasteiger partial charge on any atom is -0.390 e. The monoisotopic (exact) mass is 807 g/mol. The van der Waals surface area contributed by atoms with Gasteiger partial charge in [-0.25, -0.2) is 0 Å². The van der Waals surface area contributed by atoms with Crippen molar-refractivity contribution >= 4 is 0 Å². The summed E-state index contributed by atoms with van der Waals surface area (Å²) < 4.78 is 77.8. The zero-order valence-corrected chi connectivity index (χ0v) is 36.0. The summed E-state index contributed by atoms with van der Waals surface area (Å²) in [4.78, 5) is 0. The molecule has 0 radical (unpaired) electrons. The third-order valence-electron chi connectivity index (χ3n) is 11.1. The van der Waals surface area contributed by atoms with E-state index in [-0.39, 0.29) is 13.2 Å². The molecular formula is C42H78O14. The normalized spacial score (nSPS) is 38.7. The Morgan fingerprint density at radius 2 is 1.12 bits per heavy atom. The predicted octanol–water partition coefficient (Wildman–Crippen LogP) is 5.65. The highest BCUT2D eigenvalue weighted by molar-refractivity contribution is 4.98. The largest absolute Gasteiger partial charge is 0.390 e. The van der Waals surface area contributed by atoms with Crippen LogP contribution in [-0.2, 0) is 56.8 Å². The molecule has 14 nitrogen and oxygen atoms in total. The molecule has 0 amide bonds. The Morgan fingerprint density at radius 1 is 0.589 bits per heavy atom. The van der Waals surface area contributed by atoms with Gasteiger partial charge in [0.25, 0.3) is 0 Å². The third-order valence-corrected chi connectivity index (χ3v) is 11.1. The summed E-state index contributed by atoms with van der Waals surface area (Å²) >= 11 is 0. The second-order valence-electron chi connectivity index (χ2n) is 16.3. The molecule has 56 heavy (non-hydrogen) atoms. The number of hydrogen-bond donors (Lipinski definition) is 2. The molecule has 4 aliphatic rings. The Kier molecular flexibility index (Phi) is 21.2. The second-order valence-corrected chi connectivity index (χ2v) is 16.3. The van der Waals surface area contributed by atoms with Crippen LogP contribution in [0.2, 0.25) is 0 Å². The van der Waals surface area contributed by atoms with Crippen molar-refractivity contribution in [3.05, 3.63) is 0 Å². The molecule has 4 fully saturated rings. The van der Waals surface area contributed by atoms with E-state index >= 15 is 0 Å². The number of hydrogen-bond acceptors (Lipinski definition) is 14. The van der Waals surface area contributed by atoms with Crippen molar-refractivity contribution in [3.63, 3.8) is 0 Å². The third kappa shape index (κ3) is 13.5. The van der Waals surface area contributed by atoms with Gasteiger partial charge in [-0.05, 0) is 52.9 Å². The molecule has 4 saturated heterocycles. The number of aliphatic hydroxyl groups is 2. The van der Waals surface area contributed by atoms with Crippen LogP contribution in [0.25, 0.3) is 0 Å². The van der Waals surface area contributed by atoms with Crippen LogP contribution in [0.15, 0.2) is 0 Å². The van der Waals surface area contributed by atoms with Gasteiger partial charge >= 0.3 is 0 Å². The molecule has 0 spiro atoms. The fourth-order valence-corrected chi connectivity index (χ4v) is 7.56. The van der Waals surface area contributed by atoms with Gasteiger partial charge < -0.3 is 67.1 Å². The molecule has 14 heteroatoms. The maximum atomic E-state index is 11.6. The number of ether oxygens (including phenoxy) is 12. The van der Waals surface area contributed by atoms with Gasteiger partial charge in [-0.15, -0.1) is 0 Å². The molecule has 0 aliphatic carbocycles. The smallest absolute Gasteiger partial charge is 0.187 e. The molecule has 4 aliphatic heterocycles. The van der Waals surface area contributed by atoms with Gasteiger partial charge in [-0.3, -0.25) is 0 Å². The van der Waals surface area contributed by atoms with E-state index in [1.165, 1.54) is 0 Å². The predicted molar refractivity (Wildman–Crippen MR) is 208 cm³/mol. The summed E-state index contributed by atoms with van der Waals surface area (Å²) in [6, 6.07) is 0. The molecule has 0 aromatic rings. The van der Waals surface area contributed by atoms with Crippen LogP contribution in [-0.4, -0.2) is 148 Å². The maximum Gasteiger partial charge on any atom is 0.187 e. The van der Waals surface area contributed by atoms with E-state index in [0.29, 0.717) is 33.0 Å². The molecular weight excluding hydrogens is 728 g/mol. The van der Waals surface area contributed by atoms with Crippen LogP contribution in [0.1, 0.15) is 127 Å². The summed E-state index contributed by atoms with van der Waals surface area (Å²) in [7, 11) is 0. The summed E-state index contributed by atoms with van der Waals surface area (Å²) in [5.74, 6) is -1.40. The van der Waals surface area contributed by atoms with E-state index in [2.05, 4.69) is 34.6 Å². The molecule has 2 N–H and O–H groups in total. The van der Waals surface area contributed by atoms with E-state index in [1.807, 2.05) is 27.7 Å². The van der Waals surface area contributed by atoms with Gasteiger partial charge in [-0.1, -0.05) is 73.6 Å². The fraction of sp³-hybridized carbons (Fsp3) is 1.00. The Balaban J connectivity index is 1.70. The summed E-state index contributed by atoms with van der Waals surface area (Å²) in [6.07, 6.45) is -1.72. The van der Waals surface area contributed by atoms with Crippen molar-refractivity contribution < 1.29 is 67.1 Å². The SMILES string of the molecule is CCCCOC[C@@H]1O[C@H](OC2[C@H](O[C@@H]3OC4COC(C)(C)O[C@H]4C(O)[C@@H]3C)C(O)OC(C)[C@@H]2OCCCC)C(OCCCC)C(OCCCC)[C@@H]1OCCCC. The summed E-state index contributed by atoms with van der Waals surface area (Å²) in [6.45, 7) is 21.0. The molecule has 0 saturated carbocycles. The fourth-order valence-electron chi connectivity index (χ4n) is 7.56. The average Bonchev–Trinajstić information content (AvgIpc) is 3.16. The van der Waals surface area contributed by atoms with Gasteiger partial charge in [0, 0.05) is 39.0 Å². The first-order valence-electron chi connectivity index (χ1n) is 22.0. The number of rotatable bonds is 25. The molecule has 330 valence electrons. The van der Waals surface area contributed by atoms with E-state index < -0.39 is 97.7 Å². The first-order chi connectivity index (χ1) is 27.0. The van der Waals surface area contributed by atoms with E-state index in [1.54, 1.807) is 0 Å². The Bertz CT molecular complexity index is 1050. The first kappa shape index (κ1) is 48.1. The lowest BCUT2D eigenvalue weighted by atomic mass is 9.91. The van der Waals surface area contributed by atoms with E-state index in [4.69, 9.17) is 56.8 Å². The molecule has 0 aromatic heterocycles. The average molecular weight is 807 g/mol. The topological polar surface area (TPSA) is 151 Å². The van der Waals surface area contributed by atoms with Gasteiger partial charge in [0.1, 0.15) is 54.9 Å². The van der Waals surface area contributed by atoms with Crippen LogP contribution < -0.4 is 0 Å². The minimum atomic E-state index is -1.41. The Morgan fingerprint density at radius 3 is 1.73 bits per heavy atom. The number of aliphatic hydroxyl groups excluding tert-OH is 2. The standard InChI is InChI=1S/C42H78O14/c1-10-15-20-45-25-29-34(47-22-17-12-3)35(48-23-18-13-4)38(49-24-19-14-5)41(53-29)54-36-32(46-21-16-11-2)28(7)51-39(44)37(36)55-40-27(6)31(43)33-30(52-40)26-50-42(8,9)56-33/h27-41,43-44H,10-26H2,1-9H3/t27-,28?,29-,30?,31?,32-,33+,34+,35?,36?,37-,38?,39?,40-,41+/m0/s1. The van der Waals surface area contributed by atoms with Crippen molar-refractivity contribution in [2.24, 2.45) is 5.92 Å². The van der Waals surface area contributed by atoms with E-state index in [0.717, 1.165) is 64.2 Å². The quantitative estimate of drug-likeness (QED) is 0.109. The highest BCUT2D eigenvalue weighted by Crippen LogP contribution is 2.39. The van der Waals surface area contributed by atoms with Crippen molar-refractivity contribution in [2.45, 2.75) is 218 Å². The van der Waals surface area contributed by atoms with Crippen LogP contribution in [0.3, 0.4) is 0 Å². The molecule has 4 rings (SSSR count). The Hall–Kier alpha value is -0.560. The first-order valence-corrected chi connectivity index (χ1v) is 22.0. The summed E-state index contributed by atoms with van der Waals surface area (Å²) in [5.41, 5.74) is 0. The molecule has 4 heterocycles. The highest BCUT2D eigenvalue weighted by Gasteiger charge is 2.56. The van der Waals surface area contributed by atoms with Crippen molar-refractivity contribution in [2.75, 3.05) is 46.2 Å². The Labute approximate surface area is 337 Å². The lowest BCUT2D eigenvalue weighted by Crippen LogP contribution is -2.67. The van der Waals surface area contributed by atoms with Gasteiger partial charge in [0.2, 0.25) is 0 Å². The van der Waals surface area contributed by atoms with Gasteiger partial charge in [0.15, 0.2) is 24.7 Å². The summed E-state index contributed by atoms with van der Waals surface area (Å²) in [5, 5.41) is 23.1. The molecule has 0 bridgehead atoms. The van der Waals surface area contributed by atoms with E-state index in [9.17, 15) is 10.2 Å². The molecule has 7 unspecified atom stereocenters. The van der Waals surface area contributed by atoms with Crippen molar-refractivity contribution in [1.82, 2.24) is 0 Å². The minimum absolute atomic E-state index is 0.208. The maximum absolute atomic E-state index is 11.6. The van der Waals surface area contributed by atoms with Crippen LogP contribution in [0, 0.1) is 5.92 Å². The lowest BCUT2D eigenvalue weighted by Gasteiger charge is -2.52. The number of fused-ring (bicyclic) bond motifs is 1. The van der Waals surface area contributed by atoms with Crippen molar-refractivity contribution in [3.8, 4) is 0 Å². The zero-order valence-electron chi connectivity index (χ0n) is 36.0. The molecule has 15 atom stereocenters. The number of unbranched alkanes of at least 4 members (excludes halogenated alkanes) is 5. The lowest BCUT2D eigenvalue weighted by molar-refractivity contribution is -0.406. The molecule has 0 aromatic carbocycles. The van der Waals surface area contributed by atoms with Crippen LogP contribution in [0.5, 0.6) is 0 Å².